The van der Waals surface area contributed by atoms with Crippen molar-refractivity contribution in [2.45, 2.75) is 37.0 Å². The number of hydrogen-bond donors (Lipinski definition) is 0. The number of rotatable bonds is 3. The van der Waals surface area contributed by atoms with Gasteiger partial charge in [0.05, 0.1) is 10.4 Å². The van der Waals surface area contributed by atoms with E-state index in [-0.39, 0.29) is 16.6 Å². The van der Waals surface area contributed by atoms with Gasteiger partial charge >= 0.3 is 0 Å². The van der Waals surface area contributed by atoms with Crippen LogP contribution >= 0.6 is 0 Å². The highest BCUT2D eigenvalue weighted by Crippen LogP contribution is 2.36. The van der Waals surface area contributed by atoms with E-state index in [9.17, 15) is 13.2 Å². The number of ketones is 1. The molecule has 25 heavy (non-hydrogen) atoms. The van der Waals surface area contributed by atoms with Crippen LogP contribution in [-0.4, -0.2) is 18.2 Å². The van der Waals surface area contributed by atoms with Crippen molar-refractivity contribution in [2.75, 3.05) is 0 Å². The molecule has 0 N–H and O–H groups in total. The molecule has 0 radical (unpaired) electrons. The van der Waals surface area contributed by atoms with Gasteiger partial charge in [-0.3, -0.25) is 4.79 Å². The summed E-state index contributed by atoms with van der Waals surface area (Å²) in [5.74, 6) is 0.142. The first-order chi connectivity index (χ1) is 12.0. The quantitative estimate of drug-likeness (QED) is 0.714. The Balaban J connectivity index is 1.87. The number of Topliss-reactive ketones (excluding diaryl/α,β-unsaturated/α-hetero) is 1. The van der Waals surface area contributed by atoms with Gasteiger partial charge in [-0.1, -0.05) is 29.8 Å². The minimum absolute atomic E-state index is 0.110. The summed E-state index contributed by atoms with van der Waals surface area (Å²) >= 11 is 0. The summed E-state index contributed by atoms with van der Waals surface area (Å²) in [5, 5.41) is 0.846. The fourth-order valence-corrected chi connectivity index (χ4v) is 4.99. The normalized spacial score (nSPS) is 18.1. The standard InChI is InChI=1S/C20H19NO3S/c1-14-8-10-15(11-9-14)25(23,24)21-13-12-17-16(4-2-6-19(17)21)18-5-3-7-20(18)22/h2,4,6,8-13,18H,3,5,7H2,1H3. The van der Waals surface area contributed by atoms with E-state index in [0.717, 1.165) is 29.4 Å². The van der Waals surface area contributed by atoms with E-state index >= 15 is 0 Å². The van der Waals surface area contributed by atoms with E-state index in [2.05, 4.69) is 0 Å². The predicted octanol–water partition coefficient (Wildman–Crippen LogP) is 4.02. The van der Waals surface area contributed by atoms with Crippen molar-refractivity contribution in [3.05, 3.63) is 65.9 Å². The van der Waals surface area contributed by atoms with Crippen LogP contribution in [0.1, 0.15) is 36.3 Å². The molecule has 1 aromatic heterocycles. The minimum Gasteiger partial charge on any atom is -0.299 e. The lowest BCUT2D eigenvalue weighted by Crippen LogP contribution is -2.12. The van der Waals surface area contributed by atoms with Crippen LogP contribution in [0.5, 0.6) is 0 Å². The van der Waals surface area contributed by atoms with Crippen molar-refractivity contribution in [1.82, 2.24) is 3.97 Å². The van der Waals surface area contributed by atoms with Gasteiger partial charge in [-0.15, -0.1) is 0 Å². The van der Waals surface area contributed by atoms with Crippen molar-refractivity contribution < 1.29 is 13.2 Å². The summed E-state index contributed by atoms with van der Waals surface area (Å²) in [6, 6.07) is 14.2. The van der Waals surface area contributed by atoms with Gasteiger partial charge in [0.1, 0.15) is 5.78 Å². The van der Waals surface area contributed by atoms with Crippen LogP contribution in [-0.2, 0) is 14.8 Å². The second-order valence-corrected chi connectivity index (χ2v) is 8.44. The van der Waals surface area contributed by atoms with Crippen LogP contribution in [0.25, 0.3) is 10.9 Å². The van der Waals surface area contributed by atoms with Crippen molar-refractivity contribution in [1.29, 1.82) is 0 Å². The van der Waals surface area contributed by atoms with Gasteiger partial charge in [-0.2, -0.15) is 0 Å². The Morgan fingerprint density at radius 1 is 1.04 bits per heavy atom. The molecule has 0 bridgehead atoms. The van der Waals surface area contributed by atoms with Crippen LogP contribution in [0.3, 0.4) is 0 Å². The molecule has 1 aliphatic rings. The average Bonchev–Trinajstić information content (AvgIpc) is 3.21. The zero-order chi connectivity index (χ0) is 17.6. The first kappa shape index (κ1) is 16.1. The smallest absolute Gasteiger partial charge is 0.268 e. The topological polar surface area (TPSA) is 56.1 Å². The molecule has 0 amide bonds. The zero-order valence-corrected chi connectivity index (χ0v) is 14.8. The van der Waals surface area contributed by atoms with Crippen molar-refractivity contribution in [3.63, 3.8) is 0 Å². The van der Waals surface area contributed by atoms with Gasteiger partial charge in [-0.25, -0.2) is 12.4 Å². The molecule has 5 heteroatoms. The molecule has 1 heterocycles. The van der Waals surface area contributed by atoms with Gasteiger partial charge in [-0.05, 0) is 49.6 Å². The predicted molar refractivity (Wildman–Crippen MR) is 97.3 cm³/mol. The number of nitrogens with zero attached hydrogens (tertiary/aromatic N) is 1. The van der Waals surface area contributed by atoms with Crippen LogP contribution in [0, 0.1) is 6.92 Å². The molecular weight excluding hydrogens is 334 g/mol. The Morgan fingerprint density at radius 2 is 1.80 bits per heavy atom. The summed E-state index contributed by atoms with van der Waals surface area (Å²) in [6.07, 6.45) is 3.95. The molecule has 0 spiro atoms. The maximum absolute atomic E-state index is 13.0. The fraction of sp³-hybridized carbons (Fsp3) is 0.250. The number of aryl methyl sites for hydroxylation is 1. The Bertz CT molecular complexity index is 1060. The monoisotopic (exact) mass is 353 g/mol. The zero-order valence-electron chi connectivity index (χ0n) is 14.0. The van der Waals surface area contributed by atoms with E-state index in [1.165, 1.54) is 3.97 Å². The third kappa shape index (κ3) is 2.59. The first-order valence-corrected chi connectivity index (χ1v) is 9.87. The highest BCUT2D eigenvalue weighted by Gasteiger charge is 2.28. The summed E-state index contributed by atoms with van der Waals surface area (Å²) in [5.41, 5.74) is 2.58. The molecule has 128 valence electrons. The second-order valence-electron chi connectivity index (χ2n) is 6.62. The molecule has 1 unspecified atom stereocenters. The number of fused-ring (bicyclic) bond motifs is 1. The average molecular weight is 353 g/mol. The fourth-order valence-electron chi connectivity index (χ4n) is 3.65. The molecule has 1 aliphatic carbocycles. The van der Waals surface area contributed by atoms with Gasteiger partial charge in [0.25, 0.3) is 10.0 Å². The molecule has 1 saturated carbocycles. The molecule has 0 saturated heterocycles. The lowest BCUT2D eigenvalue weighted by atomic mass is 9.94. The number of aromatic nitrogens is 1. The lowest BCUT2D eigenvalue weighted by Gasteiger charge is -2.12. The third-order valence-electron chi connectivity index (χ3n) is 4.99. The Kier molecular flexibility index (Phi) is 3.76. The van der Waals surface area contributed by atoms with Crippen molar-refractivity contribution in [2.24, 2.45) is 0 Å². The van der Waals surface area contributed by atoms with Crippen LogP contribution in [0.15, 0.2) is 59.6 Å². The Hall–Kier alpha value is -2.40. The number of carbonyl (C=O) groups excluding carboxylic acids is 1. The molecule has 0 aliphatic heterocycles. The van der Waals surface area contributed by atoms with Gasteiger partial charge in [0, 0.05) is 23.9 Å². The summed E-state index contributed by atoms with van der Waals surface area (Å²) < 4.78 is 27.3. The molecule has 1 fully saturated rings. The van der Waals surface area contributed by atoms with E-state index in [0.29, 0.717) is 11.9 Å². The lowest BCUT2D eigenvalue weighted by molar-refractivity contribution is -0.118. The molecule has 3 aromatic rings. The largest absolute Gasteiger partial charge is 0.299 e. The number of carbonyl (C=O) groups is 1. The van der Waals surface area contributed by atoms with E-state index < -0.39 is 10.0 Å². The maximum Gasteiger partial charge on any atom is 0.268 e. The first-order valence-electron chi connectivity index (χ1n) is 8.43. The van der Waals surface area contributed by atoms with E-state index in [1.54, 1.807) is 36.5 Å². The Labute approximate surface area is 147 Å². The van der Waals surface area contributed by atoms with Crippen LogP contribution < -0.4 is 0 Å². The van der Waals surface area contributed by atoms with Crippen molar-refractivity contribution >= 4 is 26.7 Å². The highest BCUT2D eigenvalue weighted by atomic mass is 32.2. The molecule has 1 atom stereocenters. The molecule has 4 rings (SSSR count). The van der Waals surface area contributed by atoms with Crippen molar-refractivity contribution in [3.8, 4) is 0 Å². The van der Waals surface area contributed by atoms with Crippen LogP contribution in [0.4, 0.5) is 0 Å². The second kappa shape index (κ2) is 5.85. The van der Waals surface area contributed by atoms with E-state index in [4.69, 9.17) is 0 Å². The van der Waals surface area contributed by atoms with Gasteiger partial charge in [0.2, 0.25) is 0 Å². The van der Waals surface area contributed by atoms with E-state index in [1.807, 2.05) is 25.1 Å². The number of hydrogen-bond acceptors (Lipinski definition) is 3. The summed E-state index contributed by atoms with van der Waals surface area (Å²) in [7, 11) is -3.66. The molecular formula is C20H19NO3S. The number of benzene rings is 2. The van der Waals surface area contributed by atoms with Crippen LogP contribution in [0.2, 0.25) is 0 Å². The minimum atomic E-state index is -3.66. The Morgan fingerprint density at radius 3 is 2.48 bits per heavy atom. The third-order valence-corrected chi connectivity index (χ3v) is 6.69. The van der Waals surface area contributed by atoms with Gasteiger partial charge in [0.15, 0.2) is 0 Å². The van der Waals surface area contributed by atoms with Gasteiger partial charge < -0.3 is 0 Å². The summed E-state index contributed by atoms with van der Waals surface area (Å²) in [4.78, 5) is 12.4. The maximum atomic E-state index is 13.0. The molecule has 4 nitrogen and oxygen atoms in total. The molecule has 2 aromatic carbocycles. The highest BCUT2D eigenvalue weighted by molar-refractivity contribution is 7.90. The summed E-state index contributed by atoms with van der Waals surface area (Å²) in [6.45, 7) is 1.92. The SMILES string of the molecule is Cc1ccc(S(=O)(=O)n2ccc3c(C4CCCC4=O)cccc32)cc1.